The highest BCUT2D eigenvalue weighted by Gasteiger charge is 2.40. The van der Waals surface area contributed by atoms with Gasteiger partial charge in [0.25, 0.3) is 0 Å². The maximum absolute atomic E-state index is 12.0. The lowest BCUT2D eigenvalue weighted by molar-refractivity contribution is -0.154. The Balaban J connectivity index is 2.86. The molecule has 1 heterocycles. The third kappa shape index (κ3) is 3.68. The van der Waals surface area contributed by atoms with E-state index in [1.54, 1.807) is 53.7 Å². The molecule has 0 saturated carbocycles. The summed E-state index contributed by atoms with van der Waals surface area (Å²) in [4.78, 5) is 28.2. The zero-order chi connectivity index (χ0) is 15.6. The van der Waals surface area contributed by atoms with E-state index in [0.29, 0.717) is 0 Å². The van der Waals surface area contributed by atoms with Crippen LogP contribution in [0.25, 0.3) is 0 Å². The number of dihydropyridines is 1. The summed E-state index contributed by atoms with van der Waals surface area (Å²) in [7, 11) is 0. The number of ether oxygens (including phenoxy) is 2. The monoisotopic (exact) mass is 281 g/mol. The van der Waals surface area contributed by atoms with Crippen molar-refractivity contribution in [2.45, 2.75) is 59.3 Å². The van der Waals surface area contributed by atoms with Crippen molar-refractivity contribution in [3.8, 4) is 0 Å². The summed E-state index contributed by atoms with van der Waals surface area (Å²) >= 11 is 0. The lowest BCUT2D eigenvalue weighted by Crippen LogP contribution is -2.41. The third-order valence-corrected chi connectivity index (χ3v) is 2.89. The first kappa shape index (κ1) is 16.4. The molecule has 2 atom stereocenters. The number of rotatable bonds is 4. The largest absolute Gasteiger partial charge is 0.462 e. The van der Waals surface area contributed by atoms with Gasteiger partial charge in [-0.25, -0.2) is 4.79 Å². The van der Waals surface area contributed by atoms with Crippen LogP contribution < -0.4 is 0 Å². The van der Waals surface area contributed by atoms with Gasteiger partial charge in [-0.15, -0.1) is 0 Å². The number of hydrogen-bond donors (Lipinski definition) is 0. The van der Waals surface area contributed by atoms with Crippen LogP contribution in [0.15, 0.2) is 17.1 Å². The molecule has 0 unspecified atom stereocenters. The highest BCUT2D eigenvalue weighted by Crippen LogP contribution is 2.29. The first-order valence-corrected chi connectivity index (χ1v) is 6.78. The van der Waals surface area contributed by atoms with Crippen molar-refractivity contribution in [3.05, 3.63) is 12.2 Å². The van der Waals surface area contributed by atoms with Crippen molar-refractivity contribution in [1.29, 1.82) is 0 Å². The number of carbonyl (C=O) groups is 2. The molecule has 112 valence electrons. The summed E-state index contributed by atoms with van der Waals surface area (Å²) in [6.07, 6.45) is 4.30. The molecule has 0 aromatic heterocycles. The van der Waals surface area contributed by atoms with E-state index in [0.717, 1.165) is 0 Å². The van der Waals surface area contributed by atoms with E-state index < -0.39 is 16.9 Å². The molecule has 0 aromatic rings. The Morgan fingerprint density at radius 2 is 1.45 bits per heavy atom. The topological polar surface area (TPSA) is 65.0 Å². The van der Waals surface area contributed by atoms with Gasteiger partial charge in [-0.05, 0) is 47.6 Å². The van der Waals surface area contributed by atoms with Crippen LogP contribution in [0.2, 0.25) is 0 Å². The number of carbonyl (C=O) groups excluding carboxylic acids is 2. The highest BCUT2D eigenvalue weighted by molar-refractivity contribution is 6.00. The molecular weight excluding hydrogens is 258 g/mol. The molecule has 0 N–H and O–H groups in total. The second-order valence-electron chi connectivity index (χ2n) is 5.93. The van der Waals surface area contributed by atoms with Crippen LogP contribution in [0.3, 0.4) is 0 Å². The van der Waals surface area contributed by atoms with Gasteiger partial charge < -0.3 is 9.47 Å². The van der Waals surface area contributed by atoms with Crippen LogP contribution in [-0.2, 0) is 19.1 Å². The van der Waals surface area contributed by atoms with Crippen molar-refractivity contribution >= 4 is 18.2 Å². The van der Waals surface area contributed by atoms with Gasteiger partial charge in [-0.3, -0.25) is 9.79 Å². The van der Waals surface area contributed by atoms with Gasteiger partial charge in [-0.2, -0.15) is 0 Å². The van der Waals surface area contributed by atoms with Crippen LogP contribution >= 0.6 is 0 Å². The fraction of sp³-hybridized carbons (Fsp3) is 0.667. The number of esters is 2. The van der Waals surface area contributed by atoms with Gasteiger partial charge in [0, 0.05) is 6.21 Å². The van der Waals surface area contributed by atoms with E-state index in [4.69, 9.17) is 9.47 Å². The minimum Gasteiger partial charge on any atom is -0.462 e. The molecule has 20 heavy (non-hydrogen) atoms. The lowest BCUT2D eigenvalue weighted by atomic mass is 9.85. The maximum Gasteiger partial charge on any atom is 0.337 e. The summed E-state index contributed by atoms with van der Waals surface area (Å²) in [5, 5.41) is 0. The zero-order valence-electron chi connectivity index (χ0n) is 13.0. The summed E-state index contributed by atoms with van der Waals surface area (Å²) in [5.41, 5.74) is -2.02. The summed E-state index contributed by atoms with van der Waals surface area (Å²) in [6.45, 7) is 10.5. The second-order valence-corrected chi connectivity index (χ2v) is 5.93. The molecule has 0 saturated heterocycles. The first-order chi connectivity index (χ1) is 9.09. The first-order valence-electron chi connectivity index (χ1n) is 6.78. The number of aliphatic imine (C=N–C) groups is 1. The lowest BCUT2D eigenvalue weighted by Gasteiger charge is -2.29. The SMILES string of the molecule is CC(C)OC(=O)[C@@]1(C)C=C[C@@](C)(C(=O)OC(C)C)N=C1. The van der Waals surface area contributed by atoms with E-state index in [9.17, 15) is 9.59 Å². The van der Waals surface area contributed by atoms with Crippen LogP contribution in [0.4, 0.5) is 0 Å². The number of hydrogen-bond acceptors (Lipinski definition) is 5. The van der Waals surface area contributed by atoms with Crippen LogP contribution in [0.1, 0.15) is 41.5 Å². The quantitative estimate of drug-likeness (QED) is 0.586. The molecule has 1 aliphatic rings. The van der Waals surface area contributed by atoms with Crippen molar-refractivity contribution in [2.75, 3.05) is 0 Å². The molecule has 0 radical (unpaired) electrons. The average molecular weight is 281 g/mol. The smallest absolute Gasteiger partial charge is 0.337 e. The Bertz CT molecular complexity index is 395. The number of nitrogens with zero attached hydrogens (tertiary/aromatic N) is 1. The summed E-state index contributed by atoms with van der Waals surface area (Å²) < 4.78 is 10.4. The van der Waals surface area contributed by atoms with Gasteiger partial charge in [0.2, 0.25) is 0 Å². The Hall–Kier alpha value is -1.65. The van der Waals surface area contributed by atoms with Crippen molar-refractivity contribution < 1.29 is 19.1 Å². The molecular formula is C15H23NO4. The summed E-state index contributed by atoms with van der Waals surface area (Å²) in [5.74, 6) is -0.814. The highest BCUT2D eigenvalue weighted by atomic mass is 16.5. The molecule has 1 aliphatic heterocycles. The predicted molar refractivity (Wildman–Crippen MR) is 76.6 cm³/mol. The predicted octanol–water partition coefficient (Wildman–Crippen LogP) is 2.30. The Kier molecular flexibility index (Phi) is 4.73. The molecule has 0 aromatic carbocycles. The maximum atomic E-state index is 12.0. The third-order valence-electron chi connectivity index (χ3n) is 2.89. The van der Waals surface area contributed by atoms with E-state index >= 15 is 0 Å². The van der Waals surface area contributed by atoms with E-state index in [-0.39, 0.29) is 18.2 Å². The van der Waals surface area contributed by atoms with Gasteiger partial charge in [0.1, 0.15) is 5.41 Å². The van der Waals surface area contributed by atoms with Gasteiger partial charge in [0.15, 0.2) is 5.54 Å². The molecule has 0 fully saturated rings. The van der Waals surface area contributed by atoms with Crippen LogP contribution in [0.5, 0.6) is 0 Å². The van der Waals surface area contributed by atoms with Gasteiger partial charge in [0.05, 0.1) is 12.2 Å². The van der Waals surface area contributed by atoms with E-state index in [1.165, 1.54) is 6.21 Å². The molecule has 0 aliphatic carbocycles. The Labute approximate surface area is 120 Å². The molecule has 1 rings (SSSR count). The fourth-order valence-electron chi connectivity index (χ4n) is 1.61. The molecule has 0 spiro atoms. The molecule has 5 heteroatoms. The van der Waals surface area contributed by atoms with Crippen molar-refractivity contribution in [3.63, 3.8) is 0 Å². The van der Waals surface area contributed by atoms with Crippen LogP contribution in [-0.4, -0.2) is 35.9 Å². The van der Waals surface area contributed by atoms with Gasteiger partial charge in [-0.1, -0.05) is 6.08 Å². The van der Waals surface area contributed by atoms with Gasteiger partial charge >= 0.3 is 11.9 Å². The zero-order valence-corrected chi connectivity index (χ0v) is 13.0. The van der Waals surface area contributed by atoms with Crippen LogP contribution in [0, 0.1) is 5.41 Å². The van der Waals surface area contributed by atoms with Crippen molar-refractivity contribution in [2.24, 2.45) is 10.4 Å². The summed E-state index contributed by atoms with van der Waals surface area (Å²) in [6, 6.07) is 0. The normalized spacial score (nSPS) is 28.8. The molecule has 0 amide bonds. The average Bonchev–Trinajstić information content (AvgIpc) is 2.31. The Morgan fingerprint density at radius 3 is 1.85 bits per heavy atom. The second kappa shape index (κ2) is 5.77. The fourth-order valence-corrected chi connectivity index (χ4v) is 1.61. The standard InChI is InChI=1S/C15H23NO4/c1-10(2)19-12(17)14(5)7-8-15(6,16-9-14)13(18)20-11(3)4/h7-11H,1-6H3/t14-,15-/m0/s1. The Morgan fingerprint density at radius 1 is 0.950 bits per heavy atom. The minimum absolute atomic E-state index is 0.194. The van der Waals surface area contributed by atoms with Crippen molar-refractivity contribution in [1.82, 2.24) is 0 Å². The molecule has 5 nitrogen and oxygen atoms in total. The molecule has 0 bridgehead atoms. The minimum atomic E-state index is -1.08. The van der Waals surface area contributed by atoms with E-state index in [1.807, 2.05) is 0 Å². The van der Waals surface area contributed by atoms with E-state index in [2.05, 4.69) is 4.99 Å².